The monoisotopic (exact) mass is 336 g/mol. The minimum Gasteiger partial charge on any atom is -0.465 e. The third kappa shape index (κ3) is 3.58. The van der Waals surface area contributed by atoms with Gasteiger partial charge in [-0.25, -0.2) is 4.79 Å². The van der Waals surface area contributed by atoms with Crippen molar-refractivity contribution in [3.05, 3.63) is 39.4 Å². The van der Waals surface area contributed by atoms with Gasteiger partial charge in [0.05, 0.1) is 0 Å². The lowest BCUT2D eigenvalue weighted by Gasteiger charge is -2.23. The van der Waals surface area contributed by atoms with Gasteiger partial charge in [0.25, 0.3) is 4.45 Å². The SMILES string of the molecule is CC(Br)(CN(C(=O)O)c1cccc(Cl)c1)[N+](=O)[O-]. The smallest absolute Gasteiger partial charge is 0.412 e. The molecule has 1 aromatic carbocycles. The van der Waals surface area contributed by atoms with Gasteiger partial charge < -0.3 is 5.11 Å². The predicted molar refractivity (Wildman–Crippen MR) is 71.1 cm³/mol. The maximum Gasteiger partial charge on any atom is 0.412 e. The van der Waals surface area contributed by atoms with Gasteiger partial charge in [-0.2, -0.15) is 0 Å². The van der Waals surface area contributed by atoms with Crippen molar-refractivity contribution in [2.24, 2.45) is 0 Å². The number of benzene rings is 1. The summed E-state index contributed by atoms with van der Waals surface area (Å²) in [6, 6.07) is 6.11. The molecule has 0 saturated carbocycles. The number of hydrogen-bond donors (Lipinski definition) is 1. The van der Waals surface area contributed by atoms with Gasteiger partial charge in [-0.05, 0) is 18.2 Å². The molecule has 0 fully saturated rings. The molecule has 0 spiro atoms. The first-order valence-electron chi connectivity index (χ1n) is 4.83. The number of nitro groups is 1. The lowest BCUT2D eigenvalue weighted by atomic mass is 10.2. The number of nitrogens with zero attached hydrogens (tertiary/aromatic N) is 2. The lowest BCUT2D eigenvalue weighted by molar-refractivity contribution is -0.527. The average Bonchev–Trinajstić information content (AvgIpc) is 2.25. The topological polar surface area (TPSA) is 83.7 Å². The van der Waals surface area contributed by atoms with Crippen LogP contribution in [0.25, 0.3) is 0 Å². The van der Waals surface area contributed by atoms with Crippen LogP contribution in [0.2, 0.25) is 5.02 Å². The van der Waals surface area contributed by atoms with Crippen molar-refractivity contribution in [3.63, 3.8) is 0 Å². The molecule has 0 aliphatic heterocycles. The van der Waals surface area contributed by atoms with Gasteiger partial charge in [0.15, 0.2) is 0 Å². The van der Waals surface area contributed by atoms with Crippen LogP contribution < -0.4 is 4.90 Å². The highest BCUT2D eigenvalue weighted by atomic mass is 79.9. The summed E-state index contributed by atoms with van der Waals surface area (Å²) < 4.78 is -1.56. The van der Waals surface area contributed by atoms with Gasteiger partial charge in [0, 0.05) is 38.5 Å². The number of amides is 1. The summed E-state index contributed by atoms with van der Waals surface area (Å²) >= 11 is 8.66. The van der Waals surface area contributed by atoms with E-state index in [1.807, 2.05) is 0 Å². The van der Waals surface area contributed by atoms with Gasteiger partial charge in [-0.1, -0.05) is 17.7 Å². The number of halogens is 2. The minimum atomic E-state index is -1.56. The molecule has 0 aromatic heterocycles. The molecule has 1 unspecified atom stereocenters. The van der Waals surface area contributed by atoms with Crippen LogP contribution in [-0.2, 0) is 0 Å². The molecule has 1 atom stereocenters. The van der Waals surface area contributed by atoms with E-state index < -0.39 is 15.5 Å². The molecular weight excluding hydrogens is 327 g/mol. The van der Waals surface area contributed by atoms with E-state index in [1.54, 1.807) is 12.1 Å². The highest BCUT2D eigenvalue weighted by molar-refractivity contribution is 9.10. The fraction of sp³-hybridized carbons (Fsp3) is 0.300. The van der Waals surface area contributed by atoms with Crippen molar-refractivity contribution in [3.8, 4) is 0 Å². The Balaban J connectivity index is 3.05. The largest absolute Gasteiger partial charge is 0.465 e. The molecule has 18 heavy (non-hydrogen) atoms. The first-order valence-corrected chi connectivity index (χ1v) is 6.00. The first kappa shape index (κ1) is 14.7. The van der Waals surface area contributed by atoms with Crippen molar-refractivity contribution in [2.45, 2.75) is 11.4 Å². The molecule has 1 N–H and O–H groups in total. The van der Waals surface area contributed by atoms with Crippen molar-refractivity contribution < 1.29 is 14.8 Å². The minimum absolute atomic E-state index is 0.280. The molecule has 0 saturated heterocycles. The molecule has 0 heterocycles. The van der Waals surface area contributed by atoms with E-state index in [2.05, 4.69) is 15.9 Å². The number of rotatable bonds is 4. The average molecular weight is 338 g/mol. The van der Waals surface area contributed by atoms with E-state index in [0.717, 1.165) is 4.90 Å². The molecule has 0 aliphatic rings. The zero-order valence-corrected chi connectivity index (χ0v) is 11.7. The molecular formula is C10H10BrClN2O4. The van der Waals surface area contributed by atoms with Crippen molar-refractivity contribution in [2.75, 3.05) is 11.4 Å². The van der Waals surface area contributed by atoms with Gasteiger partial charge in [-0.3, -0.25) is 15.0 Å². The Morgan fingerprint density at radius 3 is 2.72 bits per heavy atom. The van der Waals surface area contributed by atoms with E-state index in [0.29, 0.717) is 5.02 Å². The van der Waals surface area contributed by atoms with E-state index in [4.69, 9.17) is 16.7 Å². The van der Waals surface area contributed by atoms with Crippen LogP contribution in [0, 0.1) is 10.1 Å². The predicted octanol–water partition coefficient (Wildman–Crippen LogP) is 3.21. The molecule has 98 valence electrons. The van der Waals surface area contributed by atoms with Gasteiger partial charge in [0.2, 0.25) is 0 Å². The first-order chi connectivity index (χ1) is 8.24. The number of carboxylic acid groups (broad SMARTS) is 1. The van der Waals surface area contributed by atoms with Crippen molar-refractivity contribution >= 4 is 39.3 Å². The highest BCUT2D eigenvalue weighted by Gasteiger charge is 2.38. The summed E-state index contributed by atoms with van der Waals surface area (Å²) in [5.74, 6) is 0. The molecule has 0 aliphatic carbocycles. The van der Waals surface area contributed by atoms with Crippen LogP contribution in [-0.4, -0.2) is 27.1 Å². The second-order valence-corrected chi connectivity index (χ2v) is 5.89. The number of hydrogen-bond acceptors (Lipinski definition) is 3. The number of carbonyl (C=O) groups is 1. The second-order valence-electron chi connectivity index (χ2n) is 3.75. The zero-order valence-electron chi connectivity index (χ0n) is 9.34. The molecule has 1 rings (SSSR count). The van der Waals surface area contributed by atoms with Gasteiger partial charge >= 0.3 is 6.09 Å². The van der Waals surface area contributed by atoms with Crippen LogP contribution >= 0.6 is 27.5 Å². The Hall–Kier alpha value is -1.34. The summed E-state index contributed by atoms with van der Waals surface area (Å²) in [5, 5.41) is 20.3. The number of anilines is 1. The van der Waals surface area contributed by atoms with Gasteiger partial charge in [-0.15, -0.1) is 0 Å². The maximum atomic E-state index is 11.2. The maximum absolute atomic E-state index is 11.2. The van der Waals surface area contributed by atoms with Crippen molar-refractivity contribution in [1.29, 1.82) is 0 Å². The van der Waals surface area contributed by atoms with E-state index in [9.17, 15) is 14.9 Å². The summed E-state index contributed by atoms with van der Waals surface area (Å²) in [6.45, 7) is 0.948. The summed E-state index contributed by atoms with van der Waals surface area (Å²) in [5.41, 5.74) is 0.280. The Labute approximate surface area is 116 Å². The quantitative estimate of drug-likeness (QED) is 0.396. The Morgan fingerprint density at radius 2 is 2.28 bits per heavy atom. The summed E-state index contributed by atoms with van der Waals surface area (Å²) in [7, 11) is 0. The van der Waals surface area contributed by atoms with Crippen LogP contribution in [0.1, 0.15) is 6.92 Å². The second kappa shape index (κ2) is 5.53. The number of alkyl halides is 1. The third-order valence-corrected chi connectivity index (χ3v) is 2.95. The fourth-order valence-electron chi connectivity index (χ4n) is 1.26. The molecule has 0 radical (unpaired) electrons. The van der Waals surface area contributed by atoms with Crippen LogP contribution in [0.4, 0.5) is 10.5 Å². The molecule has 1 aromatic rings. The van der Waals surface area contributed by atoms with Crippen LogP contribution in [0.3, 0.4) is 0 Å². The summed E-state index contributed by atoms with van der Waals surface area (Å²) in [4.78, 5) is 22.2. The highest BCUT2D eigenvalue weighted by Crippen LogP contribution is 2.25. The van der Waals surface area contributed by atoms with Gasteiger partial charge in [0.1, 0.15) is 6.54 Å². The molecule has 0 bridgehead atoms. The zero-order chi connectivity index (χ0) is 13.9. The van der Waals surface area contributed by atoms with Crippen molar-refractivity contribution in [1.82, 2.24) is 0 Å². The fourth-order valence-corrected chi connectivity index (χ4v) is 1.69. The molecule has 8 heteroatoms. The van der Waals surface area contributed by atoms with Crippen LogP contribution in [0.15, 0.2) is 24.3 Å². The summed E-state index contributed by atoms with van der Waals surface area (Å²) in [6.07, 6.45) is -1.29. The molecule has 1 amide bonds. The lowest BCUT2D eigenvalue weighted by Crippen LogP contribution is -2.44. The van der Waals surface area contributed by atoms with E-state index in [-0.39, 0.29) is 12.2 Å². The normalized spacial score (nSPS) is 13.7. The Bertz CT molecular complexity index is 481. The Morgan fingerprint density at radius 1 is 1.67 bits per heavy atom. The Kier molecular flexibility index (Phi) is 4.53. The van der Waals surface area contributed by atoms with Crippen LogP contribution in [0.5, 0.6) is 0 Å². The molecule has 6 nitrogen and oxygen atoms in total. The van der Waals surface area contributed by atoms with E-state index in [1.165, 1.54) is 19.1 Å². The third-order valence-electron chi connectivity index (χ3n) is 2.18. The van der Waals surface area contributed by atoms with E-state index >= 15 is 0 Å². The standard InChI is InChI=1S/C10H10BrClN2O4/c1-10(11,14(17)18)6-13(9(15)16)8-4-2-3-7(12)5-8/h2-5H,6H2,1H3,(H,15,16).